The molecule has 2 fully saturated rings. The Morgan fingerprint density at radius 1 is 0.925 bits per heavy atom. The Morgan fingerprint density at radius 3 is 2.17 bits per heavy atom. The molecule has 4 aromatic rings. The Labute approximate surface area is 231 Å². The number of carbonyl (C=O) groups excluding carboxylic acids is 1. The van der Waals surface area contributed by atoms with Crippen molar-refractivity contribution < 1.29 is 22.7 Å². The molecule has 2 saturated carbocycles. The Morgan fingerprint density at radius 2 is 1.60 bits per heavy atom. The predicted octanol–water partition coefficient (Wildman–Crippen LogP) is 8.79. The lowest BCUT2D eigenvalue weighted by Crippen LogP contribution is -2.41. The van der Waals surface area contributed by atoms with Crippen molar-refractivity contribution in [2.75, 3.05) is 11.9 Å². The van der Waals surface area contributed by atoms with Gasteiger partial charge in [-0.1, -0.05) is 24.3 Å². The fourth-order valence-corrected chi connectivity index (χ4v) is 5.59. The molecule has 0 saturated heterocycles. The second kappa shape index (κ2) is 10.6. The highest BCUT2D eigenvalue weighted by atomic mass is 19.4. The standard InChI is InChI=1S/C32H32F3N3O2/c1-2-40-26-17-18-27-28(19-26)38(25-7-4-8-25)30(29(27)20-9-13-22(14-10-20)32(33,34)35)21-11-15-24(16-12-21)37-31(39)36-23-5-3-6-23/h9-19,23,25H,2-8H2,1H3,(H2,36,37,39). The predicted molar refractivity (Wildman–Crippen MR) is 152 cm³/mol. The number of urea groups is 1. The van der Waals surface area contributed by atoms with Gasteiger partial charge in [-0.15, -0.1) is 0 Å². The molecule has 6 rings (SSSR count). The quantitative estimate of drug-likeness (QED) is 0.243. The minimum Gasteiger partial charge on any atom is -0.494 e. The summed E-state index contributed by atoms with van der Waals surface area (Å²) in [5, 5.41) is 6.86. The highest BCUT2D eigenvalue weighted by Crippen LogP contribution is 2.47. The van der Waals surface area contributed by atoms with Gasteiger partial charge in [-0.05, 0) is 93.0 Å². The smallest absolute Gasteiger partial charge is 0.416 e. The molecule has 208 valence electrons. The number of anilines is 1. The van der Waals surface area contributed by atoms with Gasteiger partial charge in [0.15, 0.2) is 0 Å². The normalized spacial score (nSPS) is 15.9. The van der Waals surface area contributed by atoms with Crippen molar-refractivity contribution in [2.45, 2.75) is 63.7 Å². The Balaban J connectivity index is 1.46. The maximum atomic E-state index is 13.4. The van der Waals surface area contributed by atoms with Gasteiger partial charge in [0.2, 0.25) is 0 Å². The first kappa shape index (κ1) is 26.3. The zero-order valence-corrected chi connectivity index (χ0v) is 22.4. The number of nitrogens with one attached hydrogen (secondary N) is 2. The summed E-state index contributed by atoms with van der Waals surface area (Å²) in [6, 6.07) is 19.4. The maximum absolute atomic E-state index is 13.4. The van der Waals surface area contributed by atoms with E-state index in [0.717, 1.165) is 89.7 Å². The first-order chi connectivity index (χ1) is 19.3. The average molecular weight is 548 g/mol. The van der Waals surface area contributed by atoms with Gasteiger partial charge in [-0.25, -0.2) is 4.79 Å². The third-order valence-corrected chi connectivity index (χ3v) is 8.08. The van der Waals surface area contributed by atoms with Gasteiger partial charge in [0, 0.05) is 34.8 Å². The lowest BCUT2D eigenvalue weighted by atomic mass is 9.91. The Hall–Kier alpha value is -3.94. The molecule has 5 nitrogen and oxygen atoms in total. The molecule has 0 bridgehead atoms. The summed E-state index contributed by atoms with van der Waals surface area (Å²) < 4.78 is 48.3. The van der Waals surface area contributed by atoms with Gasteiger partial charge < -0.3 is 19.9 Å². The molecule has 0 radical (unpaired) electrons. The summed E-state index contributed by atoms with van der Waals surface area (Å²) >= 11 is 0. The monoisotopic (exact) mass is 547 g/mol. The molecule has 3 aromatic carbocycles. The van der Waals surface area contributed by atoms with Gasteiger partial charge in [0.1, 0.15) is 5.75 Å². The summed E-state index contributed by atoms with van der Waals surface area (Å²) in [7, 11) is 0. The van der Waals surface area contributed by atoms with Crippen LogP contribution in [-0.2, 0) is 6.18 Å². The van der Waals surface area contributed by atoms with Crippen LogP contribution in [0.15, 0.2) is 66.7 Å². The third kappa shape index (κ3) is 5.03. The van der Waals surface area contributed by atoms with Crippen molar-refractivity contribution in [3.8, 4) is 28.1 Å². The number of nitrogens with zero attached hydrogens (tertiary/aromatic N) is 1. The number of fused-ring (bicyclic) bond motifs is 1. The molecule has 1 aromatic heterocycles. The van der Waals surface area contributed by atoms with Crippen LogP contribution in [0.1, 0.15) is 57.1 Å². The third-order valence-electron chi connectivity index (χ3n) is 8.08. The van der Waals surface area contributed by atoms with Gasteiger partial charge in [-0.3, -0.25) is 0 Å². The SMILES string of the molecule is CCOc1ccc2c(-c3ccc(C(F)(F)F)cc3)c(-c3ccc(NC(=O)NC4CCC4)cc3)n(C3CCC3)c2c1. The lowest BCUT2D eigenvalue weighted by Gasteiger charge is -2.30. The van der Waals surface area contributed by atoms with Crippen LogP contribution in [0.4, 0.5) is 23.7 Å². The summed E-state index contributed by atoms with van der Waals surface area (Å²) in [6.45, 7) is 2.48. The van der Waals surface area contributed by atoms with Crippen molar-refractivity contribution in [2.24, 2.45) is 0 Å². The number of alkyl halides is 3. The minimum atomic E-state index is -4.40. The molecule has 0 spiro atoms. The average Bonchev–Trinajstić information content (AvgIpc) is 3.19. The van der Waals surface area contributed by atoms with E-state index >= 15 is 0 Å². The first-order valence-electron chi connectivity index (χ1n) is 14.0. The van der Waals surface area contributed by atoms with E-state index in [9.17, 15) is 18.0 Å². The molecular formula is C32H32F3N3O2. The van der Waals surface area contributed by atoms with Crippen molar-refractivity contribution >= 4 is 22.6 Å². The highest BCUT2D eigenvalue weighted by Gasteiger charge is 2.32. The molecule has 2 N–H and O–H groups in total. The molecule has 0 atom stereocenters. The molecule has 0 aliphatic heterocycles. The van der Waals surface area contributed by atoms with E-state index in [2.05, 4.69) is 15.2 Å². The molecule has 0 unspecified atom stereocenters. The molecule has 40 heavy (non-hydrogen) atoms. The topological polar surface area (TPSA) is 55.3 Å². The molecule has 1 heterocycles. The Kier molecular flexibility index (Phi) is 6.94. The van der Waals surface area contributed by atoms with E-state index in [-0.39, 0.29) is 18.1 Å². The zero-order valence-electron chi connectivity index (χ0n) is 22.4. The van der Waals surface area contributed by atoms with Crippen LogP contribution < -0.4 is 15.4 Å². The first-order valence-corrected chi connectivity index (χ1v) is 14.0. The van der Waals surface area contributed by atoms with E-state index in [1.165, 1.54) is 0 Å². The summed E-state index contributed by atoms with van der Waals surface area (Å²) in [6.07, 6.45) is 1.95. The number of benzene rings is 3. The Bertz CT molecular complexity index is 1520. The van der Waals surface area contributed by atoms with Gasteiger partial charge in [0.05, 0.1) is 23.4 Å². The molecule has 8 heteroatoms. The zero-order chi connectivity index (χ0) is 27.9. The van der Waals surface area contributed by atoms with Crippen LogP contribution in [0, 0.1) is 0 Å². The van der Waals surface area contributed by atoms with Gasteiger partial charge in [-0.2, -0.15) is 13.2 Å². The number of halogens is 3. The van der Waals surface area contributed by atoms with Crippen molar-refractivity contribution in [3.63, 3.8) is 0 Å². The highest BCUT2D eigenvalue weighted by molar-refractivity contribution is 6.05. The summed E-state index contributed by atoms with van der Waals surface area (Å²) in [5.74, 6) is 0.760. The second-order valence-electron chi connectivity index (χ2n) is 10.7. The number of aromatic nitrogens is 1. The molecular weight excluding hydrogens is 515 g/mol. The fourth-order valence-electron chi connectivity index (χ4n) is 5.59. The number of amides is 2. The van der Waals surface area contributed by atoms with Crippen LogP contribution in [0.3, 0.4) is 0 Å². The molecule has 2 amide bonds. The number of hydrogen-bond donors (Lipinski definition) is 2. The number of rotatable bonds is 7. The van der Waals surface area contributed by atoms with Crippen LogP contribution in [-0.4, -0.2) is 23.2 Å². The fraction of sp³-hybridized carbons (Fsp3) is 0.344. The van der Waals surface area contributed by atoms with Crippen LogP contribution >= 0.6 is 0 Å². The maximum Gasteiger partial charge on any atom is 0.416 e. The van der Waals surface area contributed by atoms with Crippen molar-refractivity contribution in [1.29, 1.82) is 0 Å². The van der Waals surface area contributed by atoms with Gasteiger partial charge in [0.25, 0.3) is 0 Å². The van der Waals surface area contributed by atoms with E-state index < -0.39 is 11.7 Å². The van der Waals surface area contributed by atoms with Crippen LogP contribution in [0.25, 0.3) is 33.3 Å². The summed E-state index contributed by atoms with van der Waals surface area (Å²) in [5.41, 5.74) is 4.51. The molecule has 2 aliphatic rings. The van der Waals surface area contributed by atoms with Crippen molar-refractivity contribution in [3.05, 3.63) is 72.3 Å². The molecule has 2 aliphatic carbocycles. The van der Waals surface area contributed by atoms with Gasteiger partial charge >= 0.3 is 12.2 Å². The number of ether oxygens (including phenoxy) is 1. The second-order valence-corrected chi connectivity index (χ2v) is 10.7. The number of carbonyl (C=O) groups is 1. The van der Waals surface area contributed by atoms with Crippen LogP contribution in [0.2, 0.25) is 0 Å². The van der Waals surface area contributed by atoms with Crippen LogP contribution in [0.5, 0.6) is 5.75 Å². The lowest BCUT2D eigenvalue weighted by molar-refractivity contribution is -0.137. The summed E-state index contributed by atoms with van der Waals surface area (Å²) in [4.78, 5) is 12.4. The number of hydrogen-bond acceptors (Lipinski definition) is 2. The van der Waals surface area contributed by atoms with E-state index in [1.54, 1.807) is 12.1 Å². The van der Waals surface area contributed by atoms with E-state index in [4.69, 9.17) is 4.74 Å². The minimum absolute atomic E-state index is 0.213. The largest absolute Gasteiger partial charge is 0.494 e. The van der Waals surface area contributed by atoms with E-state index in [0.29, 0.717) is 12.3 Å². The van der Waals surface area contributed by atoms with Crippen molar-refractivity contribution in [1.82, 2.24) is 9.88 Å². The van der Waals surface area contributed by atoms with E-state index in [1.807, 2.05) is 49.4 Å².